The Morgan fingerprint density at radius 1 is 1.08 bits per heavy atom. The first-order valence-electron chi connectivity index (χ1n) is 8.14. The van der Waals surface area contributed by atoms with Gasteiger partial charge < -0.3 is 14.4 Å². The van der Waals surface area contributed by atoms with E-state index in [0.29, 0.717) is 30.3 Å². The third-order valence-corrected chi connectivity index (χ3v) is 3.80. The Bertz CT molecular complexity index is 770. The van der Waals surface area contributed by atoms with Gasteiger partial charge in [0.2, 0.25) is 0 Å². The maximum Gasteiger partial charge on any atom is 0.271 e. The normalized spacial score (nSPS) is 13.4. The van der Waals surface area contributed by atoms with Gasteiger partial charge in [-0.15, -0.1) is 0 Å². The number of ether oxygens (including phenoxy) is 2. The first-order chi connectivity index (χ1) is 12.1. The molecule has 0 saturated carbocycles. The van der Waals surface area contributed by atoms with Gasteiger partial charge in [-0.1, -0.05) is 12.1 Å². The average Bonchev–Trinajstić information content (AvgIpc) is 2.86. The van der Waals surface area contributed by atoms with Crippen molar-refractivity contribution in [3.8, 4) is 11.5 Å². The van der Waals surface area contributed by atoms with Crippen LogP contribution in [0.3, 0.4) is 0 Å². The summed E-state index contributed by atoms with van der Waals surface area (Å²) in [4.78, 5) is 14.2. The first kappa shape index (κ1) is 16.8. The Labute approximate surface area is 147 Å². The first-order valence-corrected chi connectivity index (χ1v) is 8.14. The van der Waals surface area contributed by atoms with Crippen LogP contribution in [0.15, 0.2) is 47.6 Å². The molecule has 0 aliphatic carbocycles. The molecular formula is C19H21N3O3. The van der Waals surface area contributed by atoms with Gasteiger partial charge in [0.25, 0.3) is 5.91 Å². The number of benzene rings is 2. The zero-order valence-corrected chi connectivity index (χ0v) is 14.4. The number of hydrazone groups is 1. The van der Waals surface area contributed by atoms with E-state index in [9.17, 15) is 4.79 Å². The highest BCUT2D eigenvalue weighted by Crippen LogP contribution is 2.30. The molecule has 25 heavy (non-hydrogen) atoms. The quantitative estimate of drug-likeness (QED) is 0.687. The van der Waals surface area contributed by atoms with Crippen LogP contribution in [0.25, 0.3) is 0 Å². The van der Waals surface area contributed by atoms with Gasteiger partial charge in [0.1, 0.15) is 0 Å². The minimum Gasteiger partial charge on any atom is -0.490 e. The molecule has 1 amide bonds. The van der Waals surface area contributed by atoms with Gasteiger partial charge in [0.15, 0.2) is 11.5 Å². The third-order valence-electron chi connectivity index (χ3n) is 3.80. The highest BCUT2D eigenvalue weighted by Gasteiger charge is 2.13. The maximum atomic E-state index is 12.2. The van der Waals surface area contributed by atoms with Crippen molar-refractivity contribution in [2.24, 2.45) is 5.10 Å². The number of anilines is 1. The third kappa shape index (κ3) is 4.29. The molecular weight excluding hydrogens is 318 g/mol. The number of carbonyl (C=O) groups is 1. The number of hydrogen-bond donors (Lipinski definition) is 1. The Morgan fingerprint density at radius 2 is 1.80 bits per heavy atom. The lowest BCUT2D eigenvalue weighted by Gasteiger charge is -2.11. The van der Waals surface area contributed by atoms with E-state index in [2.05, 4.69) is 10.5 Å². The smallest absolute Gasteiger partial charge is 0.271 e. The highest BCUT2D eigenvalue weighted by atomic mass is 16.5. The van der Waals surface area contributed by atoms with Crippen molar-refractivity contribution in [2.75, 3.05) is 32.2 Å². The maximum absolute atomic E-state index is 12.2. The fourth-order valence-corrected chi connectivity index (χ4v) is 2.39. The number of nitrogens with one attached hydrogen (secondary N) is 1. The molecule has 6 nitrogen and oxygen atoms in total. The Kier molecular flexibility index (Phi) is 5.18. The molecule has 0 radical (unpaired) electrons. The fraction of sp³-hybridized carbons (Fsp3) is 0.263. The van der Waals surface area contributed by atoms with Crippen LogP contribution in [0.2, 0.25) is 0 Å². The van der Waals surface area contributed by atoms with E-state index in [1.54, 1.807) is 24.4 Å². The van der Waals surface area contributed by atoms with Gasteiger partial charge >= 0.3 is 0 Å². The Balaban J connectivity index is 1.63. The van der Waals surface area contributed by atoms with Crippen LogP contribution in [0, 0.1) is 0 Å². The van der Waals surface area contributed by atoms with Crippen molar-refractivity contribution < 1.29 is 14.3 Å². The average molecular weight is 339 g/mol. The summed E-state index contributed by atoms with van der Waals surface area (Å²) in [5.41, 5.74) is 5.02. The molecule has 0 saturated heterocycles. The molecule has 0 aromatic heterocycles. The fourth-order valence-electron chi connectivity index (χ4n) is 2.39. The summed E-state index contributed by atoms with van der Waals surface area (Å²) in [7, 11) is 3.97. The predicted molar refractivity (Wildman–Crippen MR) is 97.9 cm³/mol. The topological polar surface area (TPSA) is 63.2 Å². The number of carbonyl (C=O) groups excluding carboxylic acids is 1. The van der Waals surface area contributed by atoms with Gasteiger partial charge in [-0.3, -0.25) is 4.79 Å². The second-order valence-corrected chi connectivity index (χ2v) is 5.90. The number of rotatable bonds is 4. The van der Waals surface area contributed by atoms with E-state index >= 15 is 0 Å². The highest BCUT2D eigenvalue weighted by molar-refractivity contribution is 5.95. The molecule has 0 fully saturated rings. The summed E-state index contributed by atoms with van der Waals surface area (Å²) in [6.45, 7) is 1.20. The molecule has 0 bridgehead atoms. The number of fused-ring (bicyclic) bond motifs is 1. The molecule has 3 rings (SSSR count). The van der Waals surface area contributed by atoms with Gasteiger partial charge in [-0.2, -0.15) is 5.10 Å². The van der Waals surface area contributed by atoms with E-state index in [4.69, 9.17) is 9.47 Å². The van der Waals surface area contributed by atoms with Crippen molar-refractivity contribution in [1.82, 2.24) is 5.43 Å². The van der Waals surface area contributed by atoms with Crippen molar-refractivity contribution in [2.45, 2.75) is 6.42 Å². The number of amides is 1. The molecule has 6 heteroatoms. The van der Waals surface area contributed by atoms with Crippen molar-refractivity contribution in [3.63, 3.8) is 0 Å². The van der Waals surface area contributed by atoms with Gasteiger partial charge in [-0.25, -0.2) is 5.43 Å². The second-order valence-electron chi connectivity index (χ2n) is 5.90. The molecule has 2 aromatic carbocycles. The van der Waals surface area contributed by atoms with Crippen molar-refractivity contribution >= 4 is 17.8 Å². The summed E-state index contributed by atoms with van der Waals surface area (Å²) in [6.07, 6.45) is 2.44. The van der Waals surface area contributed by atoms with Crippen LogP contribution in [-0.2, 0) is 0 Å². The minimum atomic E-state index is -0.295. The zero-order valence-electron chi connectivity index (χ0n) is 14.4. The molecule has 0 unspecified atom stereocenters. The van der Waals surface area contributed by atoms with Crippen LogP contribution in [-0.4, -0.2) is 39.4 Å². The van der Waals surface area contributed by atoms with E-state index in [1.165, 1.54) is 0 Å². The molecule has 1 heterocycles. The van der Waals surface area contributed by atoms with Crippen LogP contribution < -0.4 is 19.8 Å². The van der Waals surface area contributed by atoms with E-state index in [1.807, 2.05) is 43.3 Å². The standard InChI is InChI=1S/C19H21N3O3/c1-22(2)16-7-4-14(5-8-16)13-20-21-19(23)15-6-9-17-18(12-15)25-11-3-10-24-17/h4-9,12-13H,3,10-11H2,1-2H3,(H,21,23)/b20-13+. The summed E-state index contributed by atoms with van der Waals surface area (Å²) < 4.78 is 11.2. The largest absolute Gasteiger partial charge is 0.490 e. The molecule has 0 spiro atoms. The molecule has 1 N–H and O–H groups in total. The molecule has 0 atom stereocenters. The van der Waals surface area contributed by atoms with Gasteiger partial charge in [0.05, 0.1) is 19.4 Å². The van der Waals surface area contributed by atoms with Gasteiger partial charge in [-0.05, 0) is 35.9 Å². The monoisotopic (exact) mass is 339 g/mol. The molecule has 2 aromatic rings. The summed E-state index contributed by atoms with van der Waals surface area (Å²) in [6, 6.07) is 13.0. The second kappa shape index (κ2) is 7.70. The lowest BCUT2D eigenvalue weighted by atomic mass is 10.2. The summed E-state index contributed by atoms with van der Waals surface area (Å²) in [5, 5.41) is 4.01. The minimum absolute atomic E-state index is 0.295. The molecule has 130 valence electrons. The zero-order chi connectivity index (χ0) is 17.6. The summed E-state index contributed by atoms with van der Waals surface area (Å²) >= 11 is 0. The SMILES string of the molecule is CN(C)c1ccc(/C=N/NC(=O)c2ccc3c(c2)OCCCO3)cc1. The van der Waals surface area contributed by atoms with Crippen molar-refractivity contribution in [1.29, 1.82) is 0 Å². The van der Waals surface area contributed by atoms with Crippen LogP contribution in [0.5, 0.6) is 11.5 Å². The molecule has 1 aliphatic rings. The van der Waals surface area contributed by atoms with Crippen LogP contribution >= 0.6 is 0 Å². The van der Waals surface area contributed by atoms with Crippen LogP contribution in [0.4, 0.5) is 5.69 Å². The van der Waals surface area contributed by atoms with Crippen LogP contribution in [0.1, 0.15) is 22.3 Å². The predicted octanol–water partition coefficient (Wildman–Crippen LogP) is 2.68. The lowest BCUT2D eigenvalue weighted by Crippen LogP contribution is -2.17. The van der Waals surface area contributed by atoms with E-state index < -0.39 is 0 Å². The van der Waals surface area contributed by atoms with Gasteiger partial charge in [0, 0.05) is 31.8 Å². The Morgan fingerprint density at radius 3 is 2.52 bits per heavy atom. The molecule has 1 aliphatic heterocycles. The lowest BCUT2D eigenvalue weighted by molar-refractivity contribution is 0.0954. The van der Waals surface area contributed by atoms with E-state index in [-0.39, 0.29) is 5.91 Å². The Hall–Kier alpha value is -3.02. The number of hydrogen-bond acceptors (Lipinski definition) is 5. The van der Waals surface area contributed by atoms with E-state index in [0.717, 1.165) is 17.7 Å². The number of nitrogens with zero attached hydrogens (tertiary/aromatic N) is 2. The van der Waals surface area contributed by atoms with Crippen molar-refractivity contribution in [3.05, 3.63) is 53.6 Å². The summed E-state index contributed by atoms with van der Waals surface area (Å²) in [5.74, 6) is 0.962.